The van der Waals surface area contributed by atoms with Crippen LogP contribution in [0.25, 0.3) is 0 Å². The Morgan fingerprint density at radius 2 is 2.29 bits per heavy atom. The molecular weight excluding hydrogens is 198 g/mol. The van der Waals surface area contributed by atoms with Crippen molar-refractivity contribution in [2.24, 2.45) is 0 Å². The average Bonchev–Trinajstić information content (AvgIpc) is 2.71. The molecule has 1 aromatic rings. The molecule has 0 bridgehead atoms. The van der Waals surface area contributed by atoms with Gasteiger partial charge in [0.2, 0.25) is 0 Å². The molecule has 1 aliphatic rings. The van der Waals surface area contributed by atoms with Crippen LogP contribution in [-0.4, -0.2) is 33.2 Å². The second-order valence-electron chi connectivity index (χ2n) is 3.55. The molecule has 0 saturated carbocycles. The number of carbonyl (C=O) groups is 1. The van der Waals surface area contributed by atoms with Gasteiger partial charge in [0.05, 0.1) is 6.33 Å². The summed E-state index contributed by atoms with van der Waals surface area (Å²) in [6.45, 7) is 1.60. The van der Waals surface area contributed by atoms with Crippen molar-refractivity contribution in [2.75, 3.05) is 13.1 Å². The third-order valence-corrected chi connectivity index (χ3v) is 3.01. The minimum absolute atomic E-state index is 0.118. The molecule has 2 heterocycles. The Balaban J connectivity index is 1.93. The molecule has 1 N–H and O–H groups in total. The largest absolute Gasteiger partial charge is 0.348 e. The molecule has 2 rings (SSSR count). The molecule has 1 aliphatic heterocycles. The first-order chi connectivity index (χ1) is 6.77. The van der Waals surface area contributed by atoms with Gasteiger partial charge < -0.3 is 9.88 Å². The van der Waals surface area contributed by atoms with E-state index >= 15 is 0 Å². The van der Waals surface area contributed by atoms with Crippen molar-refractivity contribution in [3.8, 4) is 0 Å². The summed E-state index contributed by atoms with van der Waals surface area (Å²) in [5.41, 5.74) is 1.18. The quantitative estimate of drug-likeness (QED) is 0.694. The van der Waals surface area contributed by atoms with Gasteiger partial charge in [0.1, 0.15) is 0 Å². The lowest BCUT2D eigenvalue weighted by Gasteiger charge is -2.30. The fourth-order valence-electron chi connectivity index (χ4n) is 1.87. The molecule has 1 fully saturated rings. The van der Waals surface area contributed by atoms with E-state index in [4.69, 9.17) is 0 Å². The highest BCUT2D eigenvalue weighted by atomic mass is 32.1. The van der Waals surface area contributed by atoms with E-state index in [0.29, 0.717) is 5.92 Å². The fraction of sp³-hybridized carbons (Fsp3) is 0.556. The van der Waals surface area contributed by atoms with Crippen molar-refractivity contribution < 1.29 is 4.79 Å². The topological polar surface area (TPSA) is 49.0 Å². The van der Waals surface area contributed by atoms with E-state index in [0.717, 1.165) is 25.9 Å². The predicted molar refractivity (Wildman–Crippen MR) is 56.5 cm³/mol. The number of carbonyl (C=O) groups excluding carboxylic acids is 1. The maximum Gasteiger partial charge on any atom is 0.278 e. The SMILES string of the molecule is O=C(S)N1CCC(c2cnc[nH]2)CC1. The summed E-state index contributed by atoms with van der Waals surface area (Å²) >= 11 is 3.81. The molecule has 1 amide bonds. The van der Waals surface area contributed by atoms with Crippen LogP contribution in [-0.2, 0) is 0 Å². The summed E-state index contributed by atoms with van der Waals surface area (Å²) in [6.07, 6.45) is 5.55. The van der Waals surface area contributed by atoms with E-state index in [1.54, 1.807) is 11.2 Å². The molecule has 0 aromatic carbocycles. The number of aromatic amines is 1. The molecule has 14 heavy (non-hydrogen) atoms. The number of amides is 1. The molecule has 0 radical (unpaired) electrons. The monoisotopic (exact) mass is 211 g/mol. The standard InChI is InChI=1S/C9H13N3OS/c13-9(14)12-3-1-7(2-4-12)8-5-10-6-11-8/h5-7H,1-4H2,(H,10,11)(H,13,14). The number of thiol groups is 1. The average molecular weight is 211 g/mol. The Kier molecular flexibility index (Phi) is 2.77. The normalized spacial score (nSPS) is 18.5. The highest BCUT2D eigenvalue weighted by Crippen LogP contribution is 2.26. The van der Waals surface area contributed by atoms with E-state index in [-0.39, 0.29) is 5.24 Å². The Hall–Kier alpha value is -0.970. The minimum atomic E-state index is -0.118. The van der Waals surface area contributed by atoms with Crippen molar-refractivity contribution in [3.05, 3.63) is 18.2 Å². The number of hydrogen-bond acceptors (Lipinski definition) is 2. The number of aromatic nitrogens is 2. The number of nitrogens with one attached hydrogen (secondary N) is 1. The fourth-order valence-corrected chi connectivity index (χ4v) is 2.07. The zero-order chi connectivity index (χ0) is 9.97. The molecule has 5 heteroatoms. The lowest BCUT2D eigenvalue weighted by molar-refractivity contribution is 0.205. The van der Waals surface area contributed by atoms with Crippen molar-refractivity contribution >= 4 is 17.9 Å². The van der Waals surface area contributed by atoms with Crippen LogP contribution in [0.4, 0.5) is 4.79 Å². The van der Waals surface area contributed by atoms with E-state index < -0.39 is 0 Å². The van der Waals surface area contributed by atoms with Crippen LogP contribution >= 0.6 is 12.6 Å². The van der Waals surface area contributed by atoms with Crippen LogP contribution in [0.5, 0.6) is 0 Å². The van der Waals surface area contributed by atoms with Crippen molar-refractivity contribution in [3.63, 3.8) is 0 Å². The van der Waals surface area contributed by atoms with Gasteiger partial charge in [-0.15, -0.1) is 0 Å². The van der Waals surface area contributed by atoms with Crippen LogP contribution < -0.4 is 0 Å². The maximum atomic E-state index is 11.0. The van der Waals surface area contributed by atoms with Gasteiger partial charge in [0, 0.05) is 30.9 Å². The number of nitrogens with zero attached hydrogens (tertiary/aromatic N) is 2. The summed E-state index contributed by atoms with van der Waals surface area (Å²) < 4.78 is 0. The number of imidazole rings is 1. The molecule has 4 nitrogen and oxygen atoms in total. The van der Waals surface area contributed by atoms with Gasteiger partial charge in [-0.1, -0.05) is 12.6 Å². The summed E-state index contributed by atoms with van der Waals surface area (Å²) in [5, 5.41) is -0.118. The highest BCUT2D eigenvalue weighted by Gasteiger charge is 2.22. The van der Waals surface area contributed by atoms with E-state index in [1.807, 2.05) is 6.20 Å². The lowest BCUT2D eigenvalue weighted by atomic mass is 9.94. The maximum absolute atomic E-state index is 11.0. The van der Waals surface area contributed by atoms with Crippen molar-refractivity contribution in [1.82, 2.24) is 14.9 Å². The van der Waals surface area contributed by atoms with Crippen LogP contribution in [0.2, 0.25) is 0 Å². The number of piperidine rings is 1. The summed E-state index contributed by atoms with van der Waals surface area (Å²) in [6, 6.07) is 0. The van der Waals surface area contributed by atoms with E-state index in [1.165, 1.54) is 5.69 Å². The van der Waals surface area contributed by atoms with Crippen LogP contribution in [0, 0.1) is 0 Å². The summed E-state index contributed by atoms with van der Waals surface area (Å²) in [7, 11) is 0. The first-order valence-corrected chi connectivity index (χ1v) is 5.18. The van der Waals surface area contributed by atoms with Gasteiger partial charge >= 0.3 is 0 Å². The third kappa shape index (κ3) is 1.92. The molecule has 76 valence electrons. The zero-order valence-corrected chi connectivity index (χ0v) is 8.70. The number of hydrogen-bond donors (Lipinski definition) is 2. The van der Waals surface area contributed by atoms with Crippen molar-refractivity contribution in [2.45, 2.75) is 18.8 Å². The Morgan fingerprint density at radius 1 is 1.57 bits per heavy atom. The lowest BCUT2D eigenvalue weighted by Crippen LogP contribution is -2.34. The zero-order valence-electron chi connectivity index (χ0n) is 7.81. The smallest absolute Gasteiger partial charge is 0.278 e. The molecule has 0 aliphatic carbocycles. The molecule has 0 spiro atoms. The Labute approximate surface area is 88.1 Å². The van der Waals surface area contributed by atoms with Gasteiger partial charge in [-0.05, 0) is 12.8 Å². The van der Waals surface area contributed by atoms with Crippen LogP contribution in [0.15, 0.2) is 12.5 Å². The number of likely N-dealkylation sites (tertiary alicyclic amines) is 1. The summed E-state index contributed by atoms with van der Waals surface area (Å²) in [4.78, 5) is 19.9. The number of H-pyrrole nitrogens is 1. The number of rotatable bonds is 1. The van der Waals surface area contributed by atoms with Gasteiger partial charge in [-0.3, -0.25) is 4.79 Å². The first-order valence-electron chi connectivity index (χ1n) is 4.73. The second-order valence-corrected chi connectivity index (χ2v) is 3.93. The van der Waals surface area contributed by atoms with Gasteiger partial charge in [-0.2, -0.15) is 0 Å². The van der Waals surface area contributed by atoms with Crippen LogP contribution in [0.1, 0.15) is 24.5 Å². The molecule has 1 saturated heterocycles. The first kappa shape index (κ1) is 9.58. The van der Waals surface area contributed by atoms with Crippen LogP contribution in [0.3, 0.4) is 0 Å². The van der Waals surface area contributed by atoms with Gasteiger partial charge in [0.15, 0.2) is 0 Å². The molecular formula is C9H13N3OS. The molecule has 1 aromatic heterocycles. The summed E-state index contributed by atoms with van der Waals surface area (Å²) in [5.74, 6) is 0.515. The molecule has 0 atom stereocenters. The highest BCUT2D eigenvalue weighted by molar-refractivity contribution is 7.96. The third-order valence-electron chi connectivity index (χ3n) is 2.72. The van der Waals surface area contributed by atoms with E-state index in [2.05, 4.69) is 22.6 Å². The van der Waals surface area contributed by atoms with E-state index in [9.17, 15) is 4.79 Å². The van der Waals surface area contributed by atoms with Crippen molar-refractivity contribution in [1.29, 1.82) is 0 Å². The van der Waals surface area contributed by atoms with Gasteiger partial charge in [0.25, 0.3) is 5.24 Å². The minimum Gasteiger partial charge on any atom is -0.348 e. The molecule has 0 unspecified atom stereocenters. The Bertz CT molecular complexity index is 304. The van der Waals surface area contributed by atoms with Gasteiger partial charge in [-0.25, -0.2) is 4.98 Å². The Morgan fingerprint density at radius 3 is 2.79 bits per heavy atom. The second kappa shape index (κ2) is 4.04. The predicted octanol–water partition coefficient (Wildman–Crippen LogP) is 1.64.